The predicted molar refractivity (Wildman–Crippen MR) is 57.8 cm³/mol. The summed E-state index contributed by atoms with van der Waals surface area (Å²) in [6.45, 7) is 7.81. The number of rotatable bonds is 4. The number of nitrogens with zero attached hydrogens (tertiary/aromatic N) is 1. The number of hydrogen-bond acceptors (Lipinski definition) is 3. The number of aliphatic imine (C=N–C) groups is 1. The van der Waals surface area contributed by atoms with E-state index in [4.69, 9.17) is 9.47 Å². The molecule has 0 bridgehead atoms. The van der Waals surface area contributed by atoms with E-state index in [1.165, 1.54) is 0 Å². The van der Waals surface area contributed by atoms with Gasteiger partial charge in [-0.1, -0.05) is 0 Å². The highest BCUT2D eigenvalue weighted by molar-refractivity contribution is 5.57. The van der Waals surface area contributed by atoms with Crippen molar-refractivity contribution in [3.8, 4) is 0 Å². The van der Waals surface area contributed by atoms with Crippen LogP contribution in [0.3, 0.4) is 0 Å². The van der Waals surface area contributed by atoms with Gasteiger partial charge < -0.3 is 9.47 Å². The summed E-state index contributed by atoms with van der Waals surface area (Å²) in [5.41, 5.74) is 0.0559. The summed E-state index contributed by atoms with van der Waals surface area (Å²) in [6.07, 6.45) is 5.13. The van der Waals surface area contributed by atoms with Crippen molar-refractivity contribution in [2.24, 2.45) is 4.99 Å². The van der Waals surface area contributed by atoms with Crippen LogP contribution in [0.2, 0.25) is 0 Å². The maximum atomic E-state index is 5.33. The maximum absolute atomic E-state index is 5.33. The highest BCUT2D eigenvalue weighted by Crippen LogP contribution is 2.11. The van der Waals surface area contributed by atoms with E-state index in [2.05, 4.69) is 25.8 Å². The lowest BCUT2D eigenvalue weighted by Crippen LogP contribution is -2.10. The minimum Gasteiger partial charge on any atom is -0.350 e. The van der Waals surface area contributed by atoms with Crippen molar-refractivity contribution in [3.05, 3.63) is 0 Å². The van der Waals surface area contributed by atoms with E-state index >= 15 is 0 Å². The van der Waals surface area contributed by atoms with Crippen molar-refractivity contribution in [1.29, 1.82) is 0 Å². The highest BCUT2D eigenvalue weighted by atomic mass is 16.7. The van der Waals surface area contributed by atoms with Gasteiger partial charge in [-0.05, 0) is 46.2 Å². The molecule has 0 aliphatic carbocycles. The van der Waals surface area contributed by atoms with E-state index in [9.17, 15) is 0 Å². The molecule has 0 unspecified atom stereocenters. The van der Waals surface area contributed by atoms with Gasteiger partial charge in [0.25, 0.3) is 0 Å². The molecule has 0 aromatic heterocycles. The summed E-state index contributed by atoms with van der Waals surface area (Å²) in [5.74, 6) is 0. The Hall–Kier alpha value is -0.410. The summed E-state index contributed by atoms with van der Waals surface area (Å²) < 4.78 is 10.7. The molecule has 82 valence electrons. The minimum atomic E-state index is 0.0398. The first-order valence-electron chi connectivity index (χ1n) is 5.35. The molecule has 0 spiro atoms. The monoisotopic (exact) mass is 199 g/mol. The number of hydrogen-bond donors (Lipinski definition) is 0. The van der Waals surface area contributed by atoms with Crippen molar-refractivity contribution in [1.82, 2.24) is 0 Å². The lowest BCUT2D eigenvalue weighted by atomic mass is 10.1. The topological polar surface area (TPSA) is 30.8 Å². The number of unbranched alkanes of at least 4 members (excludes halogenated alkanes) is 1. The van der Waals surface area contributed by atoms with E-state index < -0.39 is 0 Å². The largest absolute Gasteiger partial charge is 0.350 e. The van der Waals surface area contributed by atoms with Gasteiger partial charge in [0.05, 0.1) is 18.8 Å². The number of ether oxygens (including phenoxy) is 2. The molecular formula is C11H21NO2. The second-order valence-corrected chi connectivity index (χ2v) is 4.58. The molecule has 0 amide bonds. The zero-order valence-corrected chi connectivity index (χ0v) is 9.45. The van der Waals surface area contributed by atoms with Crippen LogP contribution in [0.25, 0.3) is 0 Å². The molecule has 3 heteroatoms. The smallest absolute Gasteiger partial charge is 0.157 e. The Morgan fingerprint density at radius 3 is 2.50 bits per heavy atom. The van der Waals surface area contributed by atoms with Crippen molar-refractivity contribution < 1.29 is 9.47 Å². The average molecular weight is 199 g/mol. The molecule has 0 saturated carbocycles. The molecule has 0 radical (unpaired) electrons. The minimum absolute atomic E-state index is 0.0398. The predicted octanol–water partition coefficient (Wildman–Crippen LogP) is 2.40. The van der Waals surface area contributed by atoms with Gasteiger partial charge in [-0.3, -0.25) is 4.99 Å². The Kier molecular flexibility index (Phi) is 4.55. The third-order valence-corrected chi connectivity index (χ3v) is 1.94. The third-order valence-electron chi connectivity index (χ3n) is 1.94. The molecular weight excluding hydrogens is 178 g/mol. The van der Waals surface area contributed by atoms with Gasteiger partial charge in [-0.2, -0.15) is 0 Å². The van der Waals surface area contributed by atoms with Gasteiger partial charge in [0.1, 0.15) is 0 Å². The summed E-state index contributed by atoms with van der Waals surface area (Å²) in [4.78, 5) is 4.41. The Bertz CT molecular complexity index is 178. The zero-order chi connectivity index (χ0) is 10.4. The van der Waals surface area contributed by atoms with Crippen LogP contribution in [-0.4, -0.2) is 31.3 Å². The summed E-state index contributed by atoms with van der Waals surface area (Å²) in [6, 6.07) is 0. The van der Waals surface area contributed by atoms with E-state index in [1.807, 2.05) is 6.21 Å². The maximum Gasteiger partial charge on any atom is 0.157 e. The van der Waals surface area contributed by atoms with Gasteiger partial charge in [0.15, 0.2) is 6.29 Å². The van der Waals surface area contributed by atoms with Gasteiger partial charge in [-0.15, -0.1) is 0 Å². The molecule has 1 rings (SSSR count). The van der Waals surface area contributed by atoms with Gasteiger partial charge >= 0.3 is 0 Å². The SMILES string of the molecule is CC(C)(C)N=CCCCC1OCCO1. The molecule has 0 N–H and O–H groups in total. The summed E-state index contributed by atoms with van der Waals surface area (Å²) in [5, 5.41) is 0. The first-order valence-corrected chi connectivity index (χ1v) is 5.35. The molecule has 0 atom stereocenters. The fourth-order valence-electron chi connectivity index (χ4n) is 1.29. The first-order chi connectivity index (χ1) is 6.58. The van der Waals surface area contributed by atoms with Crippen LogP contribution in [-0.2, 0) is 9.47 Å². The fourth-order valence-corrected chi connectivity index (χ4v) is 1.29. The standard InChI is InChI=1S/C11H21NO2/c1-11(2,3)12-7-5-4-6-10-13-8-9-14-10/h7,10H,4-6,8-9H2,1-3H3. The van der Waals surface area contributed by atoms with E-state index in [-0.39, 0.29) is 11.8 Å². The first kappa shape index (κ1) is 11.7. The molecule has 1 aliphatic rings. The molecule has 1 heterocycles. The van der Waals surface area contributed by atoms with Gasteiger partial charge in [0.2, 0.25) is 0 Å². The van der Waals surface area contributed by atoms with Crippen LogP contribution in [0.5, 0.6) is 0 Å². The molecule has 0 aromatic carbocycles. The van der Waals surface area contributed by atoms with Crippen molar-refractivity contribution in [2.45, 2.75) is 51.9 Å². The van der Waals surface area contributed by atoms with Crippen LogP contribution in [0.1, 0.15) is 40.0 Å². The average Bonchev–Trinajstić information content (AvgIpc) is 2.54. The Morgan fingerprint density at radius 1 is 1.29 bits per heavy atom. The van der Waals surface area contributed by atoms with Gasteiger partial charge in [0, 0.05) is 0 Å². The van der Waals surface area contributed by atoms with Crippen LogP contribution in [0, 0.1) is 0 Å². The van der Waals surface area contributed by atoms with E-state index in [0.29, 0.717) is 0 Å². The lowest BCUT2D eigenvalue weighted by Gasteiger charge is -2.11. The van der Waals surface area contributed by atoms with Gasteiger partial charge in [-0.25, -0.2) is 0 Å². The van der Waals surface area contributed by atoms with E-state index in [0.717, 1.165) is 32.5 Å². The quantitative estimate of drug-likeness (QED) is 0.514. The molecule has 0 aromatic rings. The second-order valence-electron chi connectivity index (χ2n) is 4.58. The molecule has 1 aliphatic heterocycles. The van der Waals surface area contributed by atoms with Crippen LogP contribution in [0.4, 0.5) is 0 Å². The molecule has 1 saturated heterocycles. The van der Waals surface area contributed by atoms with Crippen LogP contribution < -0.4 is 0 Å². The third kappa shape index (κ3) is 5.35. The fraction of sp³-hybridized carbons (Fsp3) is 0.909. The van der Waals surface area contributed by atoms with E-state index in [1.54, 1.807) is 0 Å². The highest BCUT2D eigenvalue weighted by Gasteiger charge is 2.14. The lowest BCUT2D eigenvalue weighted by molar-refractivity contribution is -0.0472. The van der Waals surface area contributed by atoms with Crippen LogP contribution in [0.15, 0.2) is 4.99 Å². The molecule has 1 fully saturated rings. The Balaban J connectivity index is 2.01. The van der Waals surface area contributed by atoms with Crippen molar-refractivity contribution in [3.63, 3.8) is 0 Å². The Morgan fingerprint density at radius 2 is 1.93 bits per heavy atom. The van der Waals surface area contributed by atoms with Crippen LogP contribution >= 0.6 is 0 Å². The normalized spacial score (nSPS) is 19.6. The Labute approximate surface area is 86.5 Å². The molecule has 14 heavy (non-hydrogen) atoms. The van der Waals surface area contributed by atoms with Crippen molar-refractivity contribution >= 4 is 6.21 Å². The van der Waals surface area contributed by atoms with Crippen molar-refractivity contribution in [2.75, 3.05) is 13.2 Å². The molecule has 3 nitrogen and oxygen atoms in total. The summed E-state index contributed by atoms with van der Waals surface area (Å²) in [7, 11) is 0. The summed E-state index contributed by atoms with van der Waals surface area (Å²) >= 11 is 0. The second kappa shape index (κ2) is 5.47. The zero-order valence-electron chi connectivity index (χ0n) is 9.45.